The molecule has 6 N–H and O–H groups in total. The highest BCUT2D eigenvalue weighted by Crippen LogP contribution is 2.41. The molecule has 0 radical (unpaired) electrons. The molecule has 0 saturated heterocycles. The summed E-state index contributed by atoms with van der Waals surface area (Å²) in [5.41, 5.74) is 6.87. The maximum absolute atomic E-state index is 13.0. The number of rotatable bonds is 17. The highest BCUT2D eigenvalue weighted by molar-refractivity contribution is 5.94. The average Bonchev–Trinajstić information content (AvgIpc) is 4.06. The fourth-order valence-corrected chi connectivity index (χ4v) is 11.6. The Morgan fingerprint density at radius 3 is 1.44 bits per heavy atom. The van der Waals surface area contributed by atoms with Crippen molar-refractivity contribution in [2.45, 2.75) is 126 Å². The molecule has 3 aromatic carbocycles. The van der Waals surface area contributed by atoms with Crippen LogP contribution in [0.15, 0.2) is 128 Å². The van der Waals surface area contributed by atoms with Crippen LogP contribution in [0.5, 0.6) is 11.5 Å². The molecule has 3 aliphatic rings. The van der Waals surface area contributed by atoms with Crippen molar-refractivity contribution in [1.29, 1.82) is 0 Å². The van der Waals surface area contributed by atoms with Crippen LogP contribution in [0.1, 0.15) is 145 Å². The minimum Gasteiger partial charge on any atom is -0.508 e. The number of pyridine rings is 2. The Balaban J connectivity index is 0.000000184. The number of carbonyl (C=O) groups excluding carboxylic acids is 4. The molecule has 392 valence electrons. The molecule has 10 rings (SSSR count). The number of phenolic OH excluding ortho intramolecular Hbond substituents is 2. The van der Waals surface area contributed by atoms with Gasteiger partial charge in [-0.05, 0) is 116 Å². The smallest absolute Gasteiger partial charge is 0.268 e. The standard InChI is InChI=1S/C31H34N4O3.C30H38N4O3/c36-26-14-12-24(13-15-26)31(17-5-2-6-18-31)22-33-29(37)20-25-21-35-27(10-7-11-28(35)34-25)30(38)32-19-16-23-8-3-1-4-9-23;35-25-14-12-23(13-15-25)30(16-5-2-6-17-30)21-32-28(36)18-24-20-34-26(10-7-11-27(34)33-24)29(37)31-19-22-8-3-1-4-9-22/h1,3-4,7-15,21,36H,2,5-6,16-20,22H2,(H,32,38)(H,33,37);7,10-15,20,22,35H,1-6,8-9,16-19,21H2,(H,31,37)(H,32,36). The van der Waals surface area contributed by atoms with Crippen molar-refractivity contribution >= 4 is 34.9 Å². The zero-order valence-electron chi connectivity index (χ0n) is 43.1. The Morgan fingerprint density at radius 2 is 0.960 bits per heavy atom. The molecule has 75 heavy (non-hydrogen) atoms. The molecule has 4 amide bonds. The molecule has 3 saturated carbocycles. The predicted octanol–water partition coefficient (Wildman–Crippen LogP) is 9.48. The number of nitrogens with zero attached hydrogens (tertiary/aromatic N) is 4. The molecule has 0 unspecified atom stereocenters. The zero-order valence-corrected chi connectivity index (χ0v) is 43.1. The summed E-state index contributed by atoms with van der Waals surface area (Å²) in [4.78, 5) is 61.0. The van der Waals surface area contributed by atoms with Gasteiger partial charge in [-0.15, -0.1) is 0 Å². The molecule has 14 nitrogen and oxygen atoms in total. The van der Waals surface area contributed by atoms with Gasteiger partial charge in [0, 0.05) is 49.4 Å². The minimum atomic E-state index is -0.173. The summed E-state index contributed by atoms with van der Waals surface area (Å²) < 4.78 is 3.54. The van der Waals surface area contributed by atoms with Gasteiger partial charge >= 0.3 is 0 Å². The van der Waals surface area contributed by atoms with E-state index in [0.717, 1.165) is 63.4 Å². The lowest BCUT2D eigenvalue weighted by Gasteiger charge is -2.38. The van der Waals surface area contributed by atoms with E-state index in [1.165, 1.54) is 56.1 Å². The van der Waals surface area contributed by atoms with E-state index in [1.54, 1.807) is 57.6 Å². The van der Waals surface area contributed by atoms with Gasteiger partial charge in [0.2, 0.25) is 11.8 Å². The van der Waals surface area contributed by atoms with E-state index in [-0.39, 0.29) is 58.8 Å². The molecule has 3 aliphatic carbocycles. The Labute approximate surface area is 439 Å². The second-order valence-electron chi connectivity index (χ2n) is 21.1. The summed E-state index contributed by atoms with van der Waals surface area (Å²) in [6, 6.07) is 35.8. The number of benzene rings is 3. The monoisotopic (exact) mass is 1010 g/mol. The van der Waals surface area contributed by atoms with Crippen LogP contribution in [-0.2, 0) is 39.7 Å². The Bertz CT molecular complexity index is 3020. The van der Waals surface area contributed by atoms with Gasteiger partial charge < -0.3 is 31.5 Å². The number of aromatic nitrogens is 4. The van der Waals surface area contributed by atoms with Crippen molar-refractivity contribution < 1.29 is 29.4 Å². The van der Waals surface area contributed by atoms with Gasteiger partial charge in [-0.1, -0.05) is 125 Å². The lowest BCUT2D eigenvalue weighted by atomic mass is 9.69. The van der Waals surface area contributed by atoms with Gasteiger partial charge in [-0.2, -0.15) is 0 Å². The molecule has 7 aromatic rings. The van der Waals surface area contributed by atoms with Crippen LogP contribution in [0, 0.1) is 5.92 Å². The third-order valence-corrected chi connectivity index (χ3v) is 15.9. The normalized spacial score (nSPS) is 16.3. The number of phenols is 2. The first-order valence-corrected chi connectivity index (χ1v) is 27.2. The average molecular weight is 1010 g/mol. The number of imidazole rings is 2. The Morgan fingerprint density at radius 1 is 0.507 bits per heavy atom. The number of aromatic hydroxyl groups is 2. The van der Waals surface area contributed by atoms with Crippen molar-refractivity contribution in [2.24, 2.45) is 5.92 Å². The first kappa shape index (κ1) is 52.4. The van der Waals surface area contributed by atoms with Gasteiger partial charge in [-0.25, -0.2) is 9.97 Å². The molecule has 0 atom stereocenters. The quantitative estimate of drug-likeness (QED) is 0.0520. The number of carbonyl (C=O) groups is 4. The lowest BCUT2D eigenvalue weighted by Crippen LogP contribution is -2.42. The molecule has 0 bridgehead atoms. The summed E-state index contributed by atoms with van der Waals surface area (Å²) in [5.74, 6) is 0.632. The lowest BCUT2D eigenvalue weighted by molar-refractivity contribution is -0.121. The summed E-state index contributed by atoms with van der Waals surface area (Å²) in [6.45, 7) is 2.37. The largest absolute Gasteiger partial charge is 0.508 e. The SMILES string of the molecule is O=C(Cc1cn2c(C(=O)NCC3CCCCC3)cccc2n1)NCC1(c2ccc(O)cc2)CCCCC1.O=C(Cc1cn2c(C(=O)NCCc3ccccc3)cccc2n1)NCC1(c2ccc(O)cc2)CCCCC1. The molecule has 14 heteroatoms. The van der Waals surface area contributed by atoms with Crippen LogP contribution in [0.25, 0.3) is 11.3 Å². The fourth-order valence-electron chi connectivity index (χ4n) is 11.6. The maximum atomic E-state index is 13.0. The van der Waals surface area contributed by atoms with E-state index in [2.05, 4.69) is 31.2 Å². The van der Waals surface area contributed by atoms with Gasteiger partial charge in [0.15, 0.2) is 0 Å². The number of fused-ring (bicyclic) bond motifs is 2. The molecule has 0 aliphatic heterocycles. The van der Waals surface area contributed by atoms with Gasteiger partial charge in [0.25, 0.3) is 11.8 Å². The van der Waals surface area contributed by atoms with E-state index in [1.807, 2.05) is 78.9 Å². The van der Waals surface area contributed by atoms with Crippen LogP contribution in [0.3, 0.4) is 0 Å². The molecule has 3 fully saturated rings. The second-order valence-corrected chi connectivity index (χ2v) is 21.1. The topological polar surface area (TPSA) is 191 Å². The van der Waals surface area contributed by atoms with Crippen molar-refractivity contribution in [1.82, 2.24) is 40.0 Å². The van der Waals surface area contributed by atoms with Crippen molar-refractivity contribution in [3.63, 3.8) is 0 Å². The maximum Gasteiger partial charge on any atom is 0.268 e. The van der Waals surface area contributed by atoms with Crippen molar-refractivity contribution in [3.05, 3.63) is 167 Å². The van der Waals surface area contributed by atoms with Gasteiger partial charge in [-0.3, -0.25) is 28.0 Å². The first-order valence-electron chi connectivity index (χ1n) is 27.2. The molecule has 0 spiro atoms. The van der Waals surface area contributed by atoms with Crippen LogP contribution < -0.4 is 21.3 Å². The third kappa shape index (κ3) is 13.4. The van der Waals surface area contributed by atoms with E-state index >= 15 is 0 Å². The van der Waals surface area contributed by atoms with E-state index in [9.17, 15) is 29.4 Å². The Hall–Kier alpha value is -7.48. The van der Waals surface area contributed by atoms with E-state index in [0.29, 0.717) is 66.2 Å². The first-order chi connectivity index (χ1) is 36.5. The number of hydrogen-bond donors (Lipinski definition) is 6. The summed E-state index contributed by atoms with van der Waals surface area (Å²) >= 11 is 0. The van der Waals surface area contributed by atoms with Crippen LogP contribution in [0.4, 0.5) is 0 Å². The predicted molar refractivity (Wildman–Crippen MR) is 291 cm³/mol. The molecular weight excluding hydrogens is 941 g/mol. The van der Waals surface area contributed by atoms with E-state index < -0.39 is 0 Å². The third-order valence-electron chi connectivity index (χ3n) is 15.9. The summed E-state index contributed by atoms with van der Waals surface area (Å²) in [7, 11) is 0. The summed E-state index contributed by atoms with van der Waals surface area (Å²) in [6.07, 6.45) is 21.8. The van der Waals surface area contributed by atoms with Gasteiger partial charge in [0.05, 0.1) is 24.2 Å². The number of nitrogens with one attached hydrogen (secondary N) is 4. The fraction of sp³-hybridized carbons (Fsp3) is 0.410. The van der Waals surface area contributed by atoms with Crippen LogP contribution in [0.2, 0.25) is 0 Å². The number of hydrogen-bond acceptors (Lipinski definition) is 8. The Kier molecular flexibility index (Phi) is 17.3. The molecular formula is C61H72N8O6. The zero-order chi connectivity index (χ0) is 52.0. The van der Waals surface area contributed by atoms with E-state index in [4.69, 9.17) is 0 Å². The number of amides is 4. The molecule has 4 aromatic heterocycles. The van der Waals surface area contributed by atoms with Crippen LogP contribution >= 0.6 is 0 Å². The minimum absolute atomic E-state index is 0.0737. The summed E-state index contributed by atoms with van der Waals surface area (Å²) in [5, 5.41) is 31.9. The highest BCUT2D eigenvalue weighted by Gasteiger charge is 2.36. The van der Waals surface area contributed by atoms with Crippen molar-refractivity contribution in [3.8, 4) is 11.5 Å². The highest BCUT2D eigenvalue weighted by atomic mass is 16.3. The van der Waals surface area contributed by atoms with Gasteiger partial charge in [0.1, 0.15) is 34.2 Å². The van der Waals surface area contributed by atoms with Crippen molar-refractivity contribution in [2.75, 3.05) is 26.2 Å². The van der Waals surface area contributed by atoms with Crippen LogP contribution in [-0.4, -0.2) is 78.8 Å². The molecule has 4 heterocycles. The second kappa shape index (κ2) is 24.7.